The fourth-order valence-corrected chi connectivity index (χ4v) is 1.76. The predicted molar refractivity (Wildman–Crippen MR) is 44.9 cm³/mol. The molecule has 4 heteroatoms. The standard InChI is InChI=1S/C7H8N3S/c1-2-6-9-10-5-3-4-8-7(10)11-6/h3-5H,2H2,1H3/p+1. The summed E-state index contributed by atoms with van der Waals surface area (Å²) in [5.41, 5.74) is 3.22. The molecule has 0 atom stereocenters. The van der Waals surface area contributed by atoms with Gasteiger partial charge in [-0.2, -0.15) is 0 Å². The number of fused-ring (bicyclic) bond motifs is 1. The largest absolute Gasteiger partial charge is 0.407 e. The van der Waals surface area contributed by atoms with Crippen LogP contribution in [-0.2, 0) is 0 Å². The zero-order valence-corrected chi connectivity index (χ0v) is 7.06. The van der Waals surface area contributed by atoms with E-state index in [9.17, 15) is 0 Å². The first-order valence-corrected chi connectivity index (χ1v) is 4.39. The summed E-state index contributed by atoms with van der Waals surface area (Å²) >= 11 is 1.69. The maximum absolute atomic E-state index is 4.20. The van der Waals surface area contributed by atoms with Crippen molar-refractivity contribution in [2.75, 3.05) is 5.43 Å². The molecule has 0 fully saturated rings. The molecule has 0 aliphatic carbocycles. The topological polar surface area (TPSA) is 28.8 Å². The van der Waals surface area contributed by atoms with E-state index in [-0.39, 0.29) is 0 Å². The summed E-state index contributed by atoms with van der Waals surface area (Å²) in [5.74, 6) is 0. The molecular formula is C7H9N3S+. The lowest BCUT2D eigenvalue weighted by Gasteiger charge is -1.94. The van der Waals surface area contributed by atoms with E-state index in [1.807, 2.05) is 16.9 Å². The quantitative estimate of drug-likeness (QED) is 0.376. The Morgan fingerprint density at radius 1 is 1.73 bits per heavy atom. The molecule has 1 aromatic heterocycles. The molecule has 0 saturated heterocycles. The predicted octanol–water partition coefficient (Wildman–Crippen LogP) is 0.558. The molecule has 1 aromatic rings. The van der Waals surface area contributed by atoms with Crippen LogP contribution < -0.4 is 10.1 Å². The number of nitrogens with one attached hydrogen (secondary N) is 1. The van der Waals surface area contributed by atoms with Gasteiger partial charge in [-0.05, 0) is 22.8 Å². The van der Waals surface area contributed by atoms with Crippen LogP contribution in [0.25, 0.3) is 0 Å². The van der Waals surface area contributed by atoms with Crippen LogP contribution in [0.3, 0.4) is 0 Å². The molecule has 3 nitrogen and oxygen atoms in total. The Kier molecular flexibility index (Phi) is 1.54. The fourth-order valence-electron chi connectivity index (χ4n) is 0.937. The van der Waals surface area contributed by atoms with Crippen molar-refractivity contribution in [1.29, 1.82) is 0 Å². The van der Waals surface area contributed by atoms with Crippen molar-refractivity contribution in [2.24, 2.45) is 0 Å². The van der Waals surface area contributed by atoms with E-state index in [0.29, 0.717) is 0 Å². The third-order valence-electron chi connectivity index (χ3n) is 1.49. The second-order valence-corrected chi connectivity index (χ2v) is 3.32. The van der Waals surface area contributed by atoms with E-state index >= 15 is 0 Å². The van der Waals surface area contributed by atoms with Gasteiger partial charge in [-0.15, -0.1) is 4.68 Å². The summed E-state index contributed by atoms with van der Waals surface area (Å²) in [6.45, 7) is 2.13. The first kappa shape index (κ1) is 6.67. The molecule has 57 valence electrons. The molecule has 1 aliphatic heterocycles. The van der Waals surface area contributed by atoms with Gasteiger partial charge < -0.3 is 0 Å². The van der Waals surface area contributed by atoms with Gasteiger partial charge in [-0.1, -0.05) is 6.92 Å². The molecule has 0 saturated carbocycles. The van der Waals surface area contributed by atoms with Crippen LogP contribution in [0.15, 0.2) is 23.6 Å². The minimum Gasteiger partial charge on any atom is -0.217 e. The van der Waals surface area contributed by atoms with Crippen molar-refractivity contribution in [3.63, 3.8) is 0 Å². The Labute approximate surface area is 69.0 Å². The first-order chi connectivity index (χ1) is 5.40. The lowest BCUT2D eigenvalue weighted by molar-refractivity contribution is -0.681. The average Bonchev–Trinajstić information content (AvgIpc) is 2.46. The van der Waals surface area contributed by atoms with Crippen LogP contribution in [0.4, 0.5) is 0 Å². The Bertz CT molecular complexity index is 308. The summed E-state index contributed by atoms with van der Waals surface area (Å²) in [4.78, 5) is 5.45. The van der Waals surface area contributed by atoms with Crippen molar-refractivity contribution in [3.05, 3.63) is 18.5 Å². The van der Waals surface area contributed by atoms with Gasteiger partial charge in [0.15, 0.2) is 0 Å². The lowest BCUT2D eigenvalue weighted by atomic mass is 10.5. The number of hydrogen-bond donors (Lipinski definition) is 1. The summed E-state index contributed by atoms with van der Waals surface area (Å²) in [6.07, 6.45) is 4.81. The minimum absolute atomic E-state index is 1.02. The van der Waals surface area contributed by atoms with Crippen molar-refractivity contribution in [3.8, 4) is 0 Å². The second kappa shape index (κ2) is 2.54. The molecule has 11 heavy (non-hydrogen) atoms. The molecule has 1 radical (unpaired) electrons. The van der Waals surface area contributed by atoms with Crippen LogP contribution in [0.5, 0.6) is 0 Å². The fraction of sp³-hybridized carbons (Fsp3) is 0.286. The Morgan fingerprint density at radius 2 is 2.64 bits per heavy atom. The highest BCUT2D eigenvalue weighted by atomic mass is 32.1. The van der Waals surface area contributed by atoms with Gasteiger partial charge in [-0.3, -0.25) is 0 Å². The lowest BCUT2D eigenvalue weighted by Crippen LogP contribution is -2.45. The average molecular weight is 167 g/mol. The Morgan fingerprint density at radius 3 is 3.36 bits per heavy atom. The van der Waals surface area contributed by atoms with Crippen LogP contribution in [0.1, 0.15) is 13.3 Å². The molecule has 0 amide bonds. The molecule has 1 N–H and O–H groups in total. The summed E-state index contributed by atoms with van der Waals surface area (Å²) < 4.78 is 1.93. The maximum Gasteiger partial charge on any atom is 0.407 e. The normalized spacial score (nSPS) is 13.7. The van der Waals surface area contributed by atoms with Crippen molar-refractivity contribution < 1.29 is 4.68 Å². The van der Waals surface area contributed by atoms with Crippen LogP contribution in [0.2, 0.25) is 0 Å². The number of hydrogen-bond acceptors (Lipinski definition) is 2. The van der Waals surface area contributed by atoms with Gasteiger partial charge in [-0.25, -0.2) is 5.43 Å². The zero-order valence-electron chi connectivity index (χ0n) is 6.24. The summed E-state index contributed by atoms with van der Waals surface area (Å²) in [7, 11) is 0. The maximum atomic E-state index is 4.20. The monoisotopic (exact) mass is 167 g/mol. The highest BCUT2D eigenvalue weighted by Gasteiger charge is 2.18. The third-order valence-corrected chi connectivity index (χ3v) is 2.60. The van der Waals surface area contributed by atoms with Crippen molar-refractivity contribution in [1.82, 2.24) is 4.98 Å². The smallest absolute Gasteiger partial charge is 0.217 e. The van der Waals surface area contributed by atoms with Crippen LogP contribution in [0, 0.1) is 0 Å². The van der Waals surface area contributed by atoms with Crippen molar-refractivity contribution in [2.45, 2.75) is 18.5 Å². The molecule has 0 unspecified atom stereocenters. The van der Waals surface area contributed by atoms with Crippen molar-refractivity contribution >= 4 is 16.3 Å². The van der Waals surface area contributed by atoms with E-state index < -0.39 is 0 Å². The van der Waals surface area contributed by atoms with Crippen LogP contribution in [-0.4, -0.2) is 9.97 Å². The van der Waals surface area contributed by atoms with Gasteiger partial charge in [0.25, 0.3) is 0 Å². The summed E-state index contributed by atoms with van der Waals surface area (Å²) in [5, 5.41) is 1.02. The minimum atomic E-state index is 1.02. The molecule has 1 aliphatic rings. The van der Waals surface area contributed by atoms with Gasteiger partial charge in [0.2, 0.25) is 0 Å². The zero-order chi connectivity index (χ0) is 7.68. The van der Waals surface area contributed by atoms with E-state index in [0.717, 1.165) is 11.6 Å². The number of rotatable bonds is 1. The highest BCUT2D eigenvalue weighted by Crippen LogP contribution is 2.07. The third kappa shape index (κ3) is 1.09. The molecule has 2 heterocycles. The molecule has 2 rings (SSSR count). The Balaban J connectivity index is 2.39. The van der Waals surface area contributed by atoms with E-state index in [1.165, 1.54) is 4.99 Å². The molecule has 0 aromatic carbocycles. The van der Waals surface area contributed by atoms with Gasteiger partial charge in [0.05, 0.1) is 0 Å². The summed E-state index contributed by atoms with van der Waals surface area (Å²) in [6, 6.07) is 1.91. The van der Waals surface area contributed by atoms with Gasteiger partial charge in [0, 0.05) is 6.07 Å². The van der Waals surface area contributed by atoms with E-state index in [2.05, 4.69) is 17.3 Å². The first-order valence-electron chi connectivity index (χ1n) is 3.57. The van der Waals surface area contributed by atoms with Gasteiger partial charge in [0.1, 0.15) is 17.4 Å². The van der Waals surface area contributed by atoms with Gasteiger partial charge >= 0.3 is 5.16 Å². The number of nitrogens with zero attached hydrogens (tertiary/aromatic N) is 2. The van der Waals surface area contributed by atoms with E-state index in [4.69, 9.17) is 0 Å². The molecule has 0 spiro atoms. The number of aromatic nitrogens is 2. The second-order valence-electron chi connectivity index (χ2n) is 2.26. The highest BCUT2D eigenvalue weighted by molar-refractivity contribution is 7.98. The molecule has 0 bridgehead atoms. The van der Waals surface area contributed by atoms with E-state index in [1.54, 1.807) is 17.5 Å². The van der Waals surface area contributed by atoms with Crippen LogP contribution >= 0.6 is 11.4 Å². The molecular weight excluding hydrogens is 158 g/mol. The Hall–Kier alpha value is -1.03. The SMILES string of the molecule is CCC1=[S]c2nccc[n+]2N1.